The van der Waals surface area contributed by atoms with Crippen LogP contribution in [0.5, 0.6) is 0 Å². The second-order valence-corrected chi connectivity index (χ2v) is 3.86. The maximum atomic E-state index is 9.42. The monoisotopic (exact) mass is 223 g/mol. The molecule has 0 aromatic rings. The van der Waals surface area contributed by atoms with Gasteiger partial charge in [-0.15, -0.1) is 0 Å². The lowest BCUT2D eigenvalue weighted by atomic mass is 10.0. The molecule has 6 N–H and O–H groups in total. The minimum atomic E-state index is -1.56. The van der Waals surface area contributed by atoms with E-state index in [0.717, 1.165) is 0 Å². The topological polar surface area (TPSA) is 113 Å². The summed E-state index contributed by atoms with van der Waals surface area (Å²) in [7, 11) is 0. The lowest BCUT2D eigenvalue weighted by Gasteiger charge is -2.26. The number of aliphatic hydroxyl groups is 5. The van der Waals surface area contributed by atoms with Crippen LogP contribution in [0.1, 0.15) is 13.8 Å². The van der Waals surface area contributed by atoms with Gasteiger partial charge in [0.05, 0.1) is 12.7 Å². The van der Waals surface area contributed by atoms with Crippen molar-refractivity contribution in [2.24, 2.45) is 0 Å². The second-order valence-electron chi connectivity index (χ2n) is 3.86. The molecule has 92 valence electrons. The molecule has 0 rings (SSSR count). The molecule has 0 heterocycles. The molecular formula is C9H21NO5. The summed E-state index contributed by atoms with van der Waals surface area (Å²) in [6.07, 6.45) is -5.69. The van der Waals surface area contributed by atoms with E-state index in [-0.39, 0.29) is 12.6 Å². The maximum Gasteiger partial charge on any atom is 0.111 e. The van der Waals surface area contributed by atoms with Gasteiger partial charge < -0.3 is 30.8 Å². The number of hydrogen-bond donors (Lipinski definition) is 6. The van der Waals surface area contributed by atoms with E-state index in [9.17, 15) is 15.3 Å². The van der Waals surface area contributed by atoms with Gasteiger partial charge in [0, 0.05) is 12.6 Å². The predicted molar refractivity (Wildman–Crippen MR) is 54.3 cm³/mol. The van der Waals surface area contributed by atoms with Crippen LogP contribution in [0.4, 0.5) is 0 Å². The third-order valence-electron chi connectivity index (χ3n) is 2.06. The van der Waals surface area contributed by atoms with Crippen molar-refractivity contribution in [1.29, 1.82) is 0 Å². The molecule has 6 heteroatoms. The van der Waals surface area contributed by atoms with Crippen LogP contribution in [0, 0.1) is 0 Å². The van der Waals surface area contributed by atoms with E-state index >= 15 is 0 Å². The molecule has 0 aromatic heterocycles. The van der Waals surface area contributed by atoms with Crippen LogP contribution in [-0.2, 0) is 0 Å². The van der Waals surface area contributed by atoms with Crippen molar-refractivity contribution in [2.45, 2.75) is 44.3 Å². The third kappa shape index (κ3) is 5.41. The number of nitrogens with one attached hydrogen (secondary N) is 1. The average molecular weight is 223 g/mol. The van der Waals surface area contributed by atoms with Crippen LogP contribution in [0.3, 0.4) is 0 Å². The third-order valence-corrected chi connectivity index (χ3v) is 2.06. The number of hydrogen-bond acceptors (Lipinski definition) is 6. The molecule has 6 nitrogen and oxygen atoms in total. The van der Waals surface area contributed by atoms with Crippen LogP contribution in [0.15, 0.2) is 0 Å². The fourth-order valence-electron chi connectivity index (χ4n) is 1.04. The molecule has 0 amide bonds. The van der Waals surface area contributed by atoms with Crippen LogP contribution in [0.25, 0.3) is 0 Å². The molecule has 4 atom stereocenters. The Labute approximate surface area is 89.2 Å². The fourth-order valence-corrected chi connectivity index (χ4v) is 1.04. The smallest absolute Gasteiger partial charge is 0.111 e. The summed E-state index contributed by atoms with van der Waals surface area (Å²) in [4.78, 5) is 0. The Balaban J connectivity index is 4.01. The zero-order valence-corrected chi connectivity index (χ0v) is 9.04. The van der Waals surface area contributed by atoms with Crippen molar-refractivity contribution in [2.75, 3.05) is 13.2 Å². The fraction of sp³-hybridized carbons (Fsp3) is 1.00. The van der Waals surface area contributed by atoms with Gasteiger partial charge in [0.2, 0.25) is 0 Å². The first-order valence-electron chi connectivity index (χ1n) is 4.96. The SMILES string of the molecule is CC(C)NC[C@H](O)[C@@H](O)[C@H](O)[C@H](O)CO. The van der Waals surface area contributed by atoms with Gasteiger partial charge in [-0.25, -0.2) is 0 Å². The minimum absolute atomic E-state index is 0.105. The Bertz CT molecular complexity index is 167. The van der Waals surface area contributed by atoms with E-state index in [1.165, 1.54) is 0 Å². The summed E-state index contributed by atoms with van der Waals surface area (Å²) in [5.74, 6) is 0. The van der Waals surface area contributed by atoms with E-state index in [1.807, 2.05) is 13.8 Å². The Hall–Kier alpha value is -0.240. The summed E-state index contributed by atoms with van der Waals surface area (Å²) < 4.78 is 0. The minimum Gasteiger partial charge on any atom is -0.394 e. The lowest BCUT2D eigenvalue weighted by Crippen LogP contribution is -2.49. The molecule has 0 spiro atoms. The van der Waals surface area contributed by atoms with Gasteiger partial charge in [0.1, 0.15) is 18.3 Å². The van der Waals surface area contributed by atoms with Crippen molar-refractivity contribution in [3.63, 3.8) is 0 Å². The molecule has 0 aliphatic carbocycles. The average Bonchev–Trinajstić information content (AvgIpc) is 2.22. The number of aliphatic hydroxyl groups excluding tert-OH is 5. The highest BCUT2D eigenvalue weighted by Gasteiger charge is 2.29. The molecule has 0 fully saturated rings. The van der Waals surface area contributed by atoms with Crippen molar-refractivity contribution in [3.8, 4) is 0 Å². The molecule has 0 radical (unpaired) electrons. The van der Waals surface area contributed by atoms with E-state index in [0.29, 0.717) is 0 Å². The Morgan fingerprint density at radius 1 is 0.933 bits per heavy atom. The molecule has 0 saturated heterocycles. The Kier molecular flexibility index (Phi) is 6.99. The molecule has 0 aliphatic heterocycles. The molecule has 0 unspecified atom stereocenters. The first-order valence-corrected chi connectivity index (χ1v) is 4.96. The zero-order chi connectivity index (χ0) is 12.0. The summed E-state index contributed by atoms with van der Waals surface area (Å²) in [6, 6.07) is 0.145. The summed E-state index contributed by atoms with van der Waals surface area (Å²) in [5, 5.41) is 48.5. The van der Waals surface area contributed by atoms with Gasteiger partial charge in [-0.2, -0.15) is 0 Å². The molecular weight excluding hydrogens is 202 g/mol. The highest BCUT2D eigenvalue weighted by Crippen LogP contribution is 2.04. The van der Waals surface area contributed by atoms with Crippen molar-refractivity contribution < 1.29 is 25.5 Å². The standard InChI is InChI=1S/C9H21NO5/c1-5(2)10-3-6(12)8(14)9(15)7(13)4-11/h5-15H,3-4H2,1-2H3/t6-,7+,8+,9+/m0/s1. The first kappa shape index (κ1) is 14.8. The highest BCUT2D eigenvalue weighted by atomic mass is 16.4. The second kappa shape index (κ2) is 7.10. The normalized spacial score (nSPS) is 20.0. The number of rotatable bonds is 7. The van der Waals surface area contributed by atoms with Crippen LogP contribution in [-0.4, -0.2) is 69.1 Å². The van der Waals surface area contributed by atoms with Crippen LogP contribution < -0.4 is 5.32 Å². The van der Waals surface area contributed by atoms with Gasteiger partial charge >= 0.3 is 0 Å². The van der Waals surface area contributed by atoms with Gasteiger partial charge in [-0.1, -0.05) is 13.8 Å². The van der Waals surface area contributed by atoms with Crippen molar-refractivity contribution >= 4 is 0 Å². The Morgan fingerprint density at radius 3 is 1.80 bits per heavy atom. The molecule has 0 aromatic carbocycles. The van der Waals surface area contributed by atoms with E-state index in [4.69, 9.17) is 10.2 Å². The first-order chi connectivity index (χ1) is 6.90. The van der Waals surface area contributed by atoms with Crippen LogP contribution >= 0.6 is 0 Å². The van der Waals surface area contributed by atoms with Crippen molar-refractivity contribution in [3.05, 3.63) is 0 Å². The quantitative estimate of drug-likeness (QED) is 0.283. The van der Waals surface area contributed by atoms with E-state index in [1.54, 1.807) is 0 Å². The molecule has 0 aliphatic rings. The van der Waals surface area contributed by atoms with E-state index < -0.39 is 31.0 Å². The van der Waals surface area contributed by atoms with Gasteiger partial charge in [-0.05, 0) is 0 Å². The van der Waals surface area contributed by atoms with Gasteiger partial charge in [-0.3, -0.25) is 0 Å². The van der Waals surface area contributed by atoms with Crippen molar-refractivity contribution in [1.82, 2.24) is 5.32 Å². The highest BCUT2D eigenvalue weighted by molar-refractivity contribution is 4.81. The van der Waals surface area contributed by atoms with Gasteiger partial charge in [0.25, 0.3) is 0 Å². The Morgan fingerprint density at radius 2 is 1.40 bits per heavy atom. The summed E-state index contributed by atoms with van der Waals surface area (Å²) in [6.45, 7) is 3.19. The van der Waals surface area contributed by atoms with Gasteiger partial charge in [0.15, 0.2) is 0 Å². The largest absolute Gasteiger partial charge is 0.394 e. The lowest BCUT2D eigenvalue weighted by molar-refractivity contribution is -0.114. The zero-order valence-electron chi connectivity index (χ0n) is 9.04. The molecule has 0 bridgehead atoms. The molecule has 0 saturated carbocycles. The maximum absolute atomic E-state index is 9.42. The van der Waals surface area contributed by atoms with E-state index in [2.05, 4.69) is 5.32 Å². The molecule has 15 heavy (non-hydrogen) atoms. The predicted octanol–water partition coefficient (Wildman–Crippen LogP) is -2.58. The van der Waals surface area contributed by atoms with Crippen LogP contribution in [0.2, 0.25) is 0 Å². The summed E-state index contributed by atoms with van der Waals surface area (Å²) in [5.41, 5.74) is 0. The summed E-state index contributed by atoms with van der Waals surface area (Å²) >= 11 is 0.